The van der Waals surface area contributed by atoms with Crippen LogP contribution in [0.3, 0.4) is 0 Å². The minimum Gasteiger partial charge on any atom is -0.350 e. The summed E-state index contributed by atoms with van der Waals surface area (Å²) in [6.45, 7) is 1.54. The van der Waals surface area contributed by atoms with Gasteiger partial charge in [0.15, 0.2) is 5.69 Å². The van der Waals surface area contributed by atoms with Crippen LogP contribution in [-0.4, -0.2) is 43.8 Å². The van der Waals surface area contributed by atoms with Crippen molar-refractivity contribution in [3.05, 3.63) is 29.8 Å². The molecule has 19 heavy (non-hydrogen) atoms. The van der Waals surface area contributed by atoms with Gasteiger partial charge in [-0.05, 0) is 6.07 Å². The molecule has 0 spiro atoms. The number of nitrogens with two attached hydrogens (primary N) is 1. The van der Waals surface area contributed by atoms with Gasteiger partial charge in [-0.15, -0.1) is 5.10 Å². The van der Waals surface area contributed by atoms with E-state index in [0.29, 0.717) is 25.3 Å². The summed E-state index contributed by atoms with van der Waals surface area (Å²) >= 11 is 0. The van der Waals surface area contributed by atoms with Gasteiger partial charge in [0.05, 0.1) is 12.7 Å². The van der Waals surface area contributed by atoms with Crippen molar-refractivity contribution >= 4 is 5.91 Å². The minimum absolute atomic E-state index is 0.231. The first-order chi connectivity index (χ1) is 9.20. The van der Waals surface area contributed by atoms with Crippen molar-refractivity contribution in [2.24, 2.45) is 12.8 Å². The van der Waals surface area contributed by atoms with E-state index < -0.39 is 0 Å². The number of carbonyl (C=O) groups excluding carboxylic acids is 1. The highest BCUT2D eigenvalue weighted by Gasteiger charge is 2.10. The fourth-order valence-corrected chi connectivity index (χ4v) is 1.69. The van der Waals surface area contributed by atoms with Crippen LogP contribution in [0.4, 0.5) is 0 Å². The van der Waals surface area contributed by atoms with Crippen LogP contribution in [0, 0.1) is 0 Å². The first kappa shape index (κ1) is 13.2. The average Bonchev–Trinajstić information content (AvgIpc) is 3.00. The largest absolute Gasteiger partial charge is 0.350 e. The van der Waals surface area contributed by atoms with Crippen molar-refractivity contribution in [1.82, 2.24) is 30.1 Å². The van der Waals surface area contributed by atoms with E-state index in [9.17, 15) is 4.79 Å². The van der Waals surface area contributed by atoms with E-state index >= 15 is 0 Å². The Bertz CT molecular complexity index is 545. The summed E-state index contributed by atoms with van der Waals surface area (Å²) in [5.74, 6) is -0.231. The third-order valence-corrected chi connectivity index (χ3v) is 2.72. The molecule has 0 radical (unpaired) electrons. The summed E-state index contributed by atoms with van der Waals surface area (Å²) in [5.41, 5.74) is 6.76. The second kappa shape index (κ2) is 6.10. The summed E-state index contributed by atoms with van der Waals surface area (Å²) in [5, 5.41) is 14.5. The summed E-state index contributed by atoms with van der Waals surface area (Å²) in [6, 6.07) is 1.92. The van der Waals surface area contributed by atoms with E-state index in [2.05, 4.69) is 20.7 Å². The summed E-state index contributed by atoms with van der Waals surface area (Å²) in [4.78, 5) is 11.8. The van der Waals surface area contributed by atoms with E-state index in [1.807, 2.05) is 13.1 Å². The Morgan fingerprint density at radius 1 is 1.53 bits per heavy atom. The molecule has 0 saturated carbocycles. The van der Waals surface area contributed by atoms with Gasteiger partial charge in [0.1, 0.15) is 0 Å². The fourth-order valence-electron chi connectivity index (χ4n) is 1.69. The van der Waals surface area contributed by atoms with E-state index in [4.69, 9.17) is 5.73 Å². The number of aryl methyl sites for hydroxylation is 1. The lowest BCUT2D eigenvalue weighted by molar-refractivity contribution is 0.0949. The molecule has 0 saturated heterocycles. The number of nitrogens with zero attached hydrogens (tertiary/aromatic N) is 5. The van der Waals surface area contributed by atoms with Gasteiger partial charge in [-0.2, -0.15) is 5.10 Å². The number of hydrogen-bond acceptors (Lipinski definition) is 5. The zero-order valence-corrected chi connectivity index (χ0v) is 10.8. The number of hydrogen-bond donors (Lipinski definition) is 2. The van der Waals surface area contributed by atoms with Crippen molar-refractivity contribution in [2.75, 3.05) is 13.1 Å². The Balaban J connectivity index is 1.82. The van der Waals surface area contributed by atoms with Crippen LogP contribution in [-0.2, 0) is 20.0 Å². The van der Waals surface area contributed by atoms with Gasteiger partial charge in [0.25, 0.3) is 5.91 Å². The quantitative estimate of drug-likeness (QED) is 0.691. The Labute approximate surface area is 110 Å². The lowest BCUT2D eigenvalue weighted by Gasteiger charge is -2.03. The molecule has 0 aliphatic heterocycles. The second-order valence-corrected chi connectivity index (χ2v) is 4.11. The topological polar surface area (TPSA) is 104 Å². The van der Waals surface area contributed by atoms with Gasteiger partial charge in [0, 0.05) is 38.4 Å². The number of nitrogens with one attached hydrogen (secondary N) is 1. The third kappa shape index (κ3) is 3.38. The number of rotatable bonds is 6. The smallest absolute Gasteiger partial charge is 0.273 e. The fraction of sp³-hybridized carbons (Fsp3) is 0.455. The van der Waals surface area contributed by atoms with Gasteiger partial charge in [-0.1, -0.05) is 5.21 Å². The van der Waals surface area contributed by atoms with Gasteiger partial charge in [0.2, 0.25) is 0 Å². The van der Waals surface area contributed by atoms with Gasteiger partial charge >= 0.3 is 0 Å². The molecule has 2 heterocycles. The molecule has 0 fully saturated rings. The Hall–Kier alpha value is -2.22. The maximum Gasteiger partial charge on any atom is 0.273 e. The minimum atomic E-state index is -0.231. The van der Waals surface area contributed by atoms with Crippen LogP contribution in [0.1, 0.15) is 16.2 Å². The number of aromatic nitrogens is 5. The first-order valence-electron chi connectivity index (χ1n) is 6.06. The SMILES string of the molecule is Cn1nccc1CCNC(=O)c1cn(CCN)nn1. The van der Waals surface area contributed by atoms with Crippen LogP contribution in [0.2, 0.25) is 0 Å². The van der Waals surface area contributed by atoms with E-state index in [-0.39, 0.29) is 5.91 Å². The predicted molar refractivity (Wildman–Crippen MR) is 68.3 cm³/mol. The summed E-state index contributed by atoms with van der Waals surface area (Å²) < 4.78 is 3.33. The molecule has 0 aliphatic carbocycles. The Morgan fingerprint density at radius 3 is 3.05 bits per heavy atom. The monoisotopic (exact) mass is 263 g/mol. The van der Waals surface area contributed by atoms with Crippen LogP contribution in [0.25, 0.3) is 0 Å². The molecule has 3 N–H and O–H groups in total. The Kier molecular flexibility index (Phi) is 4.24. The lowest BCUT2D eigenvalue weighted by atomic mass is 10.3. The number of amides is 1. The van der Waals surface area contributed by atoms with Crippen molar-refractivity contribution in [1.29, 1.82) is 0 Å². The molecule has 2 rings (SSSR count). The Morgan fingerprint density at radius 2 is 2.37 bits per heavy atom. The van der Waals surface area contributed by atoms with E-state index in [0.717, 1.165) is 12.1 Å². The molecule has 2 aromatic heterocycles. The molecule has 0 unspecified atom stereocenters. The van der Waals surface area contributed by atoms with Crippen LogP contribution in [0.15, 0.2) is 18.5 Å². The summed E-state index contributed by atoms with van der Waals surface area (Å²) in [7, 11) is 1.87. The average molecular weight is 263 g/mol. The van der Waals surface area contributed by atoms with E-state index in [1.165, 1.54) is 0 Å². The molecule has 8 heteroatoms. The highest BCUT2D eigenvalue weighted by atomic mass is 16.2. The van der Waals surface area contributed by atoms with Crippen LogP contribution < -0.4 is 11.1 Å². The van der Waals surface area contributed by atoms with Gasteiger partial charge in [-0.25, -0.2) is 0 Å². The molecule has 0 bridgehead atoms. The molecule has 102 valence electrons. The van der Waals surface area contributed by atoms with E-state index in [1.54, 1.807) is 21.8 Å². The van der Waals surface area contributed by atoms with Crippen molar-refractivity contribution in [2.45, 2.75) is 13.0 Å². The molecule has 2 aromatic rings. The summed E-state index contributed by atoms with van der Waals surface area (Å²) in [6.07, 6.45) is 4.04. The third-order valence-electron chi connectivity index (χ3n) is 2.72. The molecule has 0 aromatic carbocycles. The molecule has 0 aliphatic rings. The normalized spacial score (nSPS) is 10.6. The molecular weight excluding hydrogens is 246 g/mol. The molecule has 8 nitrogen and oxygen atoms in total. The maximum absolute atomic E-state index is 11.8. The molecular formula is C11H17N7O. The van der Waals surface area contributed by atoms with Gasteiger partial charge < -0.3 is 11.1 Å². The van der Waals surface area contributed by atoms with Crippen LogP contribution >= 0.6 is 0 Å². The standard InChI is InChI=1S/C11H17N7O/c1-17-9(3-6-14-17)2-5-13-11(19)10-8-18(7-4-12)16-15-10/h3,6,8H,2,4-5,7,12H2,1H3,(H,13,19). The highest BCUT2D eigenvalue weighted by molar-refractivity contribution is 5.91. The lowest BCUT2D eigenvalue weighted by Crippen LogP contribution is -2.26. The van der Waals surface area contributed by atoms with Crippen molar-refractivity contribution in [3.8, 4) is 0 Å². The highest BCUT2D eigenvalue weighted by Crippen LogP contribution is 1.97. The van der Waals surface area contributed by atoms with Crippen molar-refractivity contribution in [3.63, 3.8) is 0 Å². The zero-order chi connectivity index (χ0) is 13.7. The molecule has 1 amide bonds. The second-order valence-electron chi connectivity index (χ2n) is 4.11. The first-order valence-corrected chi connectivity index (χ1v) is 6.06. The zero-order valence-electron chi connectivity index (χ0n) is 10.8. The number of carbonyl (C=O) groups is 1. The van der Waals surface area contributed by atoms with Crippen LogP contribution in [0.5, 0.6) is 0 Å². The van der Waals surface area contributed by atoms with Crippen molar-refractivity contribution < 1.29 is 4.79 Å². The predicted octanol–water partition coefficient (Wildman–Crippen LogP) is -1.06. The maximum atomic E-state index is 11.8. The molecule has 0 atom stereocenters. The van der Waals surface area contributed by atoms with Gasteiger partial charge in [-0.3, -0.25) is 14.2 Å².